The van der Waals surface area contributed by atoms with Gasteiger partial charge in [-0.1, -0.05) is 59.8 Å². The molecule has 0 bridgehead atoms. The average molecular weight is 502 g/mol. The van der Waals surface area contributed by atoms with Gasteiger partial charge in [-0.25, -0.2) is 9.79 Å². The summed E-state index contributed by atoms with van der Waals surface area (Å²) in [6.45, 7) is 1.56. The lowest BCUT2D eigenvalue weighted by molar-refractivity contribution is -0.122. The summed E-state index contributed by atoms with van der Waals surface area (Å²) >= 11 is 1.21. The first-order valence-electron chi connectivity index (χ1n) is 11.2. The molecule has 1 unspecified atom stereocenters. The number of thioether (sulfide) groups is 1. The molecule has 2 N–H and O–H groups in total. The average Bonchev–Trinajstić information content (AvgIpc) is 3.21. The molecule has 0 saturated carbocycles. The molecule has 2 amide bonds. The van der Waals surface area contributed by atoms with Crippen molar-refractivity contribution < 1.29 is 23.9 Å². The highest BCUT2D eigenvalue weighted by atomic mass is 32.2. The number of amidine groups is 1. The smallest absolute Gasteiger partial charge is 0.338 e. The van der Waals surface area contributed by atoms with Crippen LogP contribution in [0.2, 0.25) is 0 Å². The van der Waals surface area contributed by atoms with E-state index >= 15 is 0 Å². The highest BCUT2D eigenvalue weighted by Crippen LogP contribution is 2.25. The Kier molecular flexibility index (Phi) is 7.92. The monoisotopic (exact) mass is 501 g/mol. The van der Waals surface area contributed by atoms with Gasteiger partial charge in [0.05, 0.1) is 11.3 Å². The minimum absolute atomic E-state index is 0.0325. The number of hydrogen-bond acceptors (Lipinski definition) is 7. The van der Waals surface area contributed by atoms with E-state index in [2.05, 4.69) is 15.6 Å². The minimum Gasteiger partial charge on any atom is -0.454 e. The van der Waals surface area contributed by atoms with Gasteiger partial charge in [-0.2, -0.15) is 0 Å². The highest BCUT2D eigenvalue weighted by molar-refractivity contribution is 8.15. The van der Waals surface area contributed by atoms with Crippen LogP contribution in [0.25, 0.3) is 0 Å². The molecular formula is C27H23N3O5S. The van der Waals surface area contributed by atoms with Gasteiger partial charge in [0.15, 0.2) is 17.6 Å². The van der Waals surface area contributed by atoms with Crippen LogP contribution in [-0.4, -0.2) is 40.6 Å². The first kappa shape index (κ1) is 24.9. The number of Topliss-reactive ketones (excluding diaryl/α,β-unsaturated/α-hetero) is 1. The van der Waals surface area contributed by atoms with Crippen LogP contribution < -0.4 is 10.6 Å². The molecule has 0 spiro atoms. The zero-order valence-corrected chi connectivity index (χ0v) is 20.2. The minimum atomic E-state index is -0.641. The molecular weight excluding hydrogens is 478 g/mol. The number of aryl methyl sites for hydroxylation is 1. The molecule has 1 atom stereocenters. The lowest BCUT2D eigenvalue weighted by Crippen LogP contribution is -2.28. The highest BCUT2D eigenvalue weighted by Gasteiger charge is 2.32. The third-order valence-electron chi connectivity index (χ3n) is 5.25. The number of ketones is 1. The Labute approximate surface area is 212 Å². The second-order valence-corrected chi connectivity index (χ2v) is 9.23. The number of aliphatic imine (C=N–C) groups is 1. The third-order valence-corrected chi connectivity index (χ3v) is 6.33. The Morgan fingerprint density at radius 3 is 2.31 bits per heavy atom. The number of esters is 1. The van der Waals surface area contributed by atoms with Gasteiger partial charge in [-0.15, -0.1) is 0 Å². The number of nitrogens with zero attached hydrogens (tertiary/aromatic N) is 1. The predicted molar refractivity (Wildman–Crippen MR) is 139 cm³/mol. The molecule has 4 rings (SSSR count). The van der Waals surface area contributed by atoms with Crippen molar-refractivity contribution in [2.24, 2.45) is 4.99 Å². The van der Waals surface area contributed by atoms with Crippen molar-refractivity contribution in [1.29, 1.82) is 0 Å². The number of carbonyl (C=O) groups excluding carboxylic acids is 4. The second kappa shape index (κ2) is 11.5. The molecule has 1 saturated heterocycles. The van der Waals surface area contributed by atoms with E-state index in [1.807, 2.05) is 49.4 Å². The Morgan fingerprint density at radius 2 is 1.61 bits per heavy atom. The molecule has 182 valence electrons. The van der Waals surface area contributed by atoms with E-state index in [4.69, 9.17) is 4.74 Å². The van der Waals surface area contributed by atoms with Crippen LogP contribution in [0, 0.1) is 6.92 Å². The van der Waals surface area contributed by atoms with E-state index in [-0.39, 0.29) is 36.2 Å². The van der Waals surface area contributed by atoms with Crippen LogP contribution in [0.5, 0.6) is 0 Å². The van der Waals surface area contributed by atoms with Gasteiger partial charge in [0.25, 0.3) is 0 Å². The second-order valence-electron chi connectivity index (χ2n) is 8.04. The number of para-hydroxylation sites is 1. The molecule has 36 heavy (non-hydrogen) atoms. The zero-order chi connectivity index (χ0) is 25.5. The van der Waals surface area contributed by atoms with Crippen molar-refractivity contribution in [3.8, 4) is 0 Å². The molecule has 0 aliphatic carbocycles. The van der Waals surface area contributed by atoms with Gasteiger partial charge in [0, 0.05) is 17.7 Å². The van der Waals surface area contributed by atoms with E-state index in [1.165, 1.54) is 23.9 Å². The summed E-state index contributed by atoms with van der Waals surface area (Å²) in [5.41, 5.74) is 2.93. The van der Waals surface area contributed by atoms with Gasteiger partial charge >= 0.3 is 5.97 Å². The molecule has 1 heterocycles. The normalized spacial score (nSPS) is 15.9. The Morgan fingerprint density at radius 1 is 0.944 bits per heavy atom. The maximum Gasteiger partial charge on any atom is 0.338 e. The predicted octanol–water partition coefficient (Wildman–Crippen LogP) is 4.28. The summed E-state index contributed by atoms with van der Waals surface area (Å²) in [5.74, 6) is -1.55. The SMILES string of the molecule is Cc1ccc(C(=O)COC(=O)c2ccc(NC(=O)CC3SC(=Nc4ccccc4)NC3=O)cc2)cc1. The van der Waals surface area contributed by atoms with Crippen LogP contribution in [0.15, 0.2) is 83.9 Å². The van der Waals surface area contributed by atoms with Crippen LogP contribution in [0.3, 0.4) is 0 Å². The van der Waals surface area contributed by atoms with E-state index in [0.717, 1.165) is 5.56 Å². The molecule has 3 aromatic carbocycles. The quantitative estimate of drug-likeness (QED) is 0.352. The van der Waals surface area contributed by atoms with Gasteiger partial charge in [-0.3, -0.25) is 14.4 Å². The fourth-order valence-electron chi connectivity index (χ4n) is 3.32. The summed E-state index contributed by atoms with van der Waals surface area (Å²) in [6, 6.07) is 22.3. The summed E-state index contributed by atoms with van der Waals surface area (Å²) in [4.78, 5) is 53.5. The lowest BCUT2D eigenvalue weighted by atomic mass is 10.1. The summed E-state index contributed by atoms with van der Waals surface area (Å²) < 4.78 is 5.11. The number of carbonyl (C=O) groups is 4. The first-order valence-corrected chi connectivity index (χ1v) is 12.0. The van der Waals surface area contributed by atoms with Gasteiger partial charge in [0.2, 0.25) is 11.8 Å². The van der Waals surface area contributed by atoms with Crippen LogP contribution in [0.4, 0.5) is 11.4 Å². The molecule has 8 nitrogen and oxygen atoms in total. The van der Waals surface area contributed by atoms with Crippen LogP contribution in [0.1, 0.15) is 32.7 Å². The first-order chi connectivity index (χ1) is 17.4. The largest absolute Gasteiger partial charge is 0.454 e. The van der Waals surface area contributed by atoms with Crippen molar-refractivity contribution in [1.82, 2.24) is 5.32 Å². The lowest BCUT2D eigenvalue weighted by Gasteiger charge is -2.09. The summed E-state index contributed by atoms with van der Waals surface area (Å²) in [7, 11) is 0. The number of hydrogen-bond donors (Lipinski definition) is 2. The molecule has 3 aromatic rings. The molecule has 0 radical (unpaired) electrons. The topological polar surface area (TPSA) is 114 Å². The fraction of sp³-hybridized carbons (Fsp3) is 0.148. The number of amides is 2. The zero-order valence-electron chi connectivity index (χ0n) is 19.4. The molecule has 1 aliphatic rings. The fourth-order valence-corrected chi connectivity index (χ4v) is 4.31. The van der Waals surface area contributed by atoms with Crippen LogP contribution in [-0.2, 0) is 14.3 Å². The van der Waals surface area contributed by atoms with E-state index in [1.54, 1.807) is 24.3 Å². The Balaban J connectivity index is 1.26. The molecule has 0 aromatic heterocycles. The van der Waals surface area contributed by atoms with Crippen molar-refractivity contribution in [2.45, 2.75) is 18.6 Å². The summed E-state index contributed by atoms with van der Waals surface area (Å²) in [5, 5.41) is 5.27. The number of ether oxygens (including phenoxy) is 1. The van der Waals surface area contributed by atoms with Gasteiger partial charge in [0.1, 0.15) is 5.25 Å². The van der Waals surface area contributed by atoms with E-state index < -0.39 is 11.2 Å². The Bertz CT molecular complexity index is 1310. The maximum atomic E-state index is 12.5. The molecule has 1 aliphatic heterocycles. The standard InChI is InChI=1S/C27H23N3O5S/c1-17-7-9-18(10-8-17)22(31)16-35-26(34)19-11-13-21(14-12-19)28-24(32)15-23-25(33)30-27(36-23)29-20-5-3-2-4-6-20/h2-14,23H,15-16H2,1H3,(H,28,32)(H,29,30,33). The van der Waals surface area contributed by atoms with Crippen LogP contribution >= 0.6 is 11.8 Å². The number of rotatable bonds is 8. The van der Waals surface area contributed by atoms with Crippen molar-refractivity contribution in [3.63, 3.8) is 0 Å². The molecule has 1 fully saturated rings. The summed E-state index contributed by atoms with van der Waals surface area (Å²) in [6.07, 6.45) is -0.0325. The molecule has 9 heteroatoms. The van der Waals surface area contributed by atoms with Crippen molar-refractivity contribution in [2.75, 3.05) is 11.9 Å². The number of nitrogens with one attached hydrogen (secondary N) is 2. The number of anilines is 1. The van der Waals surface area contributed by atoms with Crippen molar-refractivity contribution >= 4 is 51.9 Å². The van der Waals surface area contributed by atoms with Gasteiger partial charge in [-0.05, 0) is 43.3 Å². The number of benzene rings is 3. The Hall–Kier alpha value is -4.24. The third kappa shape index (κ3) is 6.67. The maximum absolute atomic E-state index is 12.5. The van der Waals surface area contributed by atoms with Gasteiger partial charge < -0.3 is 15.4 Å². The van der Waals surface area contributed by atoms with E-state index in [0.29, 0.717) is 22.1 Å². The van der Waals surface area contributed by atoms with E-state index in [9.17, 15) is 19.2 Å². The van der Waals surface area contributed by atoms with Crippen molar-refractivity contribution in [3.05, 3.63) is 95.6 Å².